The maximum atomic E-state index is 12.4. The van der Waals surface area contributed by atoms with Crippen molar-refractivity contribution in [3.63, 3.8) is 0 Å². The van der Waals surface area contributed by atoms with E-state index >= 15 is 0 Å². The van der Waals surface area contributed by atoms with Gasteiger partial charge in [0.25, 0.3) is 0 Å². The fourth-order valence-corrected chi connectivity index (χ4v) is 5.51. The summed E-state index contributed by atoms with van der Waals surface area (Å²) >= 11 is 0. The fourth-order valence-electron chi connectivity index (χ4n) is 2.21. The largest absolute Gasteiger partial charge is 0.478 e. The van der Waals surface area contributed by atoms with Crippen LogP contribution in [0, 0.1) is 0 Å². The summed E-state index contributed by atoms with van der Waals surface area (Å²) in [6.07, 6.45) is 0.247. The molecule has 1 heterocycles. The van der Waals surface area contributed by atoms with Gasteiger partial charge in [0.1, 0.15) is 0 Å². The van der Waals surface area contributed by atoms with E-state index in [-0.39, 0.29) is 28.4 Å². The van der Waals surface area contributed by atoms with Crippen molar-refractivity contribution in [1.29, 1.82) is 0 Å². The number of sulfone groups is 1. The van der Waals surface area contributed by atoms with Crippen molar-refractivity contribution in [3.8, 4) is 0 Å². The van der Waals surface area contributed by atoms with E-state index in [1.807, 2.05) is 0 Å². The van der Waals surface area contributed by atoms with E-state index in [1.165, 1.54) is 25.2 Å². The number of benzene rings is 1. The van der Waals surface area contributed by atoms with Crippen LogP contribution >= 0.6 is 0 Å². The van der Waals surface area contributed by atoms with Gasteiger partial charge in [0, 0.05) is 13.1 Å². The molecule has 0 spiro atoms. The summed E-state index contributed by atoms with van der Waals surface area (Å²) in [6, 6.07) is 4.38. The molecular formula is C12H15NO6S2. The van der Waals surface area contributed by atoms with E-state index in [0.717, 1.165) is 10.4 Å². The molecule has 2 rings (SSSR count). The van der Waals surface area contributed by atoms with Gasteiger partial charge in [-0.3, -0.25) is 0 Å². The van der Waals surface area contributed by atoms with Gasteiger partial charge in [-0.05, 0) is 24.6 Å². The van der Waals surface area contributed by atoms with Gasteiger partial charge in [0.15, 0.2) is 9.84 Å². The molecule has 0 amide bonds. The minimum absolute atomic E-state index is 0.0350. The molecule has 1 N–H and O–H groups in total. The highest BCUT2D eigenvalue weighted by atomic mass is 32.2. The Labute approximate surface area is 123 Å². The third-order valence-electron chi connectivity index (χ3n) is 3.48. The highest BCUT2D eigenvalue weighted by Gasteiger charge is 2.36. The van der Waals surface area contributed by atoms with Gasteiger partial charge >= 0.3 is 5.97 Å². The van der Waals surface area contributed by atoms with Crippen LogP contribution < -0.4 is 0 Å². The zero-order chi connectivity index (χ0) is 15.8. The predicted molar refractivity (Wildman–Crippen MR) is 75.4 cm³/mol. The van der Waals surface area contributed by atoms with Crippen molar-refractivity contribution >= 4 is 25.8 Å². The zero-order valence-electron chi connectivity index (χ0n) is 11.3. The van der Waals surface area contributed by atoms with Gasteiger partial charge in [-0.15, -0.1) is 0 Å². The summed E-state index contributed by atoms with van der Waals surface area (Å²) in [4.78, 5) is 10.7. The highest BCUT2D eigenvalue weighted by Crippen LogP contribution is 2.23. The number of hydrogen-bond donors (Lipinski definition) is 1. The Kier molecular flexibility index (Phi) is 4.09. The van der Waals surface area contributed by atoms with E-state index < -0.39 is 31.9 Å². The molecule has 0 bridgehead atoms. The van der Waals surface area contributed by atoms with Crippen LogP contribution in [-0.2, 0) is 19.9 Å². The smallest absolute Gasteiger partial charge is 0.335 e. The van der Waals surface area contributed by atoms with Crippen LogP contribution in [0.1, 0.15) is 16.8 Å². The molecule has 7 nitrogen and oxygen atoms in total. The first-order valence-electron chi connectivity index (χ1n) is 6.15. The van der Waals surface area contributed by atoms with Gasteiger partial charge in [-0.2, -0.15) is 4.31 Å². The molecule has 0 aromatic heterocycles. The van der Waals surface area contributed by atoms with E-state index in [9.17, 15) is 21.6 Å². The normalized spacial score (nSPS) is 21.5. The van der Waals surface area contributed by atoms with Crippen LogP contribution in [0.15, 0.2) is 29.2 Å². The fraction of sp³-hybridized carbons (Fsp3) is 0.417. The van der Waals surface area contributed by atoms with E-state index in [0.29, 0.717) is 0 Å². The molecule has 116 valence electrons. The number of carbonyl (C=O) groups is 1. The number of carboxylic acids is 1. The summed E-state index contributed by atoms with van der Waals surface area (Å²) in [5.74, 6) is -1.47. The van der Waals surface area contributed by atoms with Crippen LogP contribution in [0.2, 0.25) is 0 Å². The molecule has 1 atom stereocenters. The standard InChI is InChI=1S/C12H15NO6S2/c1-13(10-5-6-20(16,17)8-10)21(18,19)11-4-2-3-9(7-11)12(14)15/h2-4,7,10H,5-6,8H2,1H3,(H,14,15)/t10-/m1/s1. The third-order valence-corrected chi connectivity index (χ3v) is 7.14. The van der Waals surface area contributed by atoms with Crippen LogP contribution in [0.25, 0.3) is 0 Å². The number of hydrogen-bond acceptors (Lipinski definition) is 5. The first-order chi connectivity index (χ1) is 9.63. The summed E-state index contributed by atoms with van der Waals surface area (Å²) in [6.45, 7) is 0. The maximum Gasteiger partial charge on any atom is 0.335 e. The van der Waals surface area contributed by atoms with Gasteiger partial charge in [-0.25, -0.2) is 21.6 Å². The quantitative estimate of drug-likeness (QED) is 0.842. The Morgan fingerprint density at radius 2 is 2.05 bits per heavy atom. The lowest BCUT2D eigenvalue weighted by Crippen LogP contribution is -2.37. The second-order valence-corrected chi connectivity index (χ2v) is 9.14. The lowest BCUT2D eigenvalue weighted by atomic mass is 10.2. The molecule has 0 radical (unpaired) electrons. The van der Waals surface area contributed by atoms with Crippen molar-refractivity contribution in [2.45, 2.75) is 17.4 Å². The SMILES string of the molecule is CN([C@@H]1CCS(=O)(=O)C1)S(=O)(=O)c1cccc(C(=O)O)c1. The van der Waals surface area contributed by atoms with Crippen molar-refractivity contribution in [1.82, 2.24) is 4.31 Å². The molecule has 0 aliphatic carbocycles. The topological polar surface area (TPSA) is 109 Å². The molecule has 1 saturated heterocycles. The zero-order valence-corrected chi connectivity index (χ0v) is 12.9. The highest BCUT2D eigenvalue weighted by molar-refractivity contribution is 7.92. The number of sulfonamides is 1. The van der Waals surface area contributed by atoms with Gasteiger partial charge in [0.2, 0.25) is 10.0 Å². The lowest BCUT2D eigenvalue weighted by molar-refractivity contribution is 0.0696. The molecule has 1 aliphatic rings. The van der Waals surface area contributed by atoms with Crippen LogP contribution in [0.4, 0.5) is 0 Å². The van der Waals surface area contributed by atoms with Crippen molar-refractivity contribution in [2.24, 2.45) is 0 Å². The summed E-state index contributed by atoms with van der Waals surface area (Å²) in [5.41, 5.74) is -0.136. The monoisotopic (exact) mass is 333 g/mol. The summed E-state index contributed by atoms with van der Waals surface area (Å²) < 4.78 is 48.8. The van der Waals surface area contributed by atoms with Gasteiger partial charge in [0.05, 0.1) is 22.0 Å². The molecule has 0 unspecified atom stereocenters. The Morgan fingerprint density at radius 3 is 2.57 bits per heavy atom. The minimum Gasteiger partial charge on any atom is -0.478 e. The average Bonchev–Trinajstić information content (AvgIpc) is 2.78. The molecule has 1 aliphatic heterocycles. The third kappa shape index (κ3) is 3.25. The van der Waals surface area contributed by atoms with E-state index in [2.05, 4.69) is 0 Å². The van der Waals surface area contributed by atoms with E-state index in [1.54, 1.807) is 0 Å². The Hall–Kier alpha value is -1.45. The predicted octanol–water partition coefficient (Wildman–Crippen LogP) is 0.192. The van der Waals surface area contributed by atoms with Crippen LogP contribution in [0.5, 0.6) is 0 Å². The summed E-state index contributed by atoms with van der Waals surface area (Å²) in [7, 11) is -5.81. The van der Waals surface area contributed by atoms with Gasteiger partial charge < -0.3 is 5.11 Å². The Morgan fingerprint density at radius 1 is 1.38 bits per heavy atom. The maximum absolute atomic E-state index is 12.4. The first-order valence-corrected chi connectivity index (χ1v) is 9.41. The second-order valence-electron chi connectivity index (χ2n) is 4.91. The molecular weight excluding hydrogens is 318 g/mol. The summed E-state index contributed by atoms with van der Waals surface area (Å²) in [5, 5.41) is 8.91. The number of aromatic carboxylic acids is 1. The van der Waals surface area contributed by atoms with Crippen LogP contribution in [-0.4, -0.2) is 56.8 Å². The molecule has 1 aromatic carbocycles. The number of carboxylic acid groups (broad SMARTS) is 1. The van der Waals surface area contributed by atoms with Crippen molar-refractivity contribution in [3.05, 3.63) is 29.8 Å². The van der Waals surface area contributed by atoms with Gasteiger partial charge in [-0.1, -0.05) is 6.07 Å². The first kappa shape index (κ1) is 15.9. The Bertz CT molecular complexity index is 769. The second kappa shape index (κ2) is 5.39. The molecule has 21 heavy (non-hydrogen) atoms. The molecule has 1 aromatic rings. The van der Waals surface area contributed by atoms with Crippen molar-refractivity contribution in [2.75, 3.05) is 18.6 Å². The Balaban J connectivity index is 2.34. The number of nitrogens with zero attached hydrogens (tertiary/aromatic N) is 1. The molecule has 1 fully saturated rings. The lowest BCUT2D eigenvalue weighted by Gasteiger charge is -2.22. The number of rotatable bonds is 4. The minimum atomic E-state index is -3.92. The van der Waals surface area contributed by atoms with Crippen molar-refractivity contribution < 1.29 is 26.7 Å². The average molecular weight is 333 g/mol. The molecule has 0 saturated carbocycles. The molecule has 9 heteroatoms. The van der Waals surface area contributed by atoms with Crippen LogP contribution in [0.3, 0.4) is 0 Å². The van der Waals surface area contributed by atoms with E-state index in [4.69, 9.17) is 5.11 Å².